The number of anilines is 3. The number of hydrogen-bond acceptors (Lipinski definition) is 9. The second kappa shape index (κ2) is 9.87. The zero-order valence-electron chi connectivity index (χ0n) is 20.3. The maximum atomic E-state index is 6.27. The quantitative estimate of drug-likeness (QED) is 0.246. The summed E-state index contributed by atoms with van der Waals surface area (Å²) in [5, 5.41) is 9.44. The molecule has 190 valence electrons. The van der Waals surface area contributed by atoms with E-state index in [1.54, 1.807) is 19.2 Å². The first-order chi connectivity index (χ1) is 18.1. The number of oxazole rings is 1. The zero-order chi connectivity index (χ0) is 25.4. The molecule has 0 aliphatic heterocycles. The maximum Gasteiger partial charge on any atom is 0.300 e. The van der Waals surface area contributed by atoms with Crippen molar-refractivity contribution < 1.29 is 13.9 Å². The fourth-order valence-electron chi connectivity index (χ4n) is 4.80. The minimum absolute atomic E-state index is 0.329. The van der Waals surface area contributed by atoms with Crippen LogP contribution in [0, 0.1) is 0 Å². The van der Waals surface area contributed by atoms with Crippen LogP contribution in [-0.2, 0) is 4.74 Å². The first kappa shape index (κ1) is 23.5. The number of halogens is 1. The number of ether oxygens (including phenoxy) is 2. The molecule has 1 aliphatic carbocycles. The van der Waals surface area contributed by atoms with Crippen LogP contribution in [0.3, 0.4) is 0 Å². The molecule has 0 amide bonds. The van der Waals surface area contributed by atoms with Crippen LogP contribution in [-0.4, -0.2) is 45.1 Å². The Morgan fingerprint density at radius 1 is 1.14 bits per heavy atom. The second-order valence-electron chi connectivity index (χ2n) is 9.00. The van der Waals surface area contributed by atoms with Crippen molar-refractivity contribution in [2.75, 3.05) is 31.4 Å². The van der Waals surface area contributed by atoms with E-state index in [0.29, 0.717) is 53.0 Å². The van der Waals surface area contributed by atoms with Gasteiger partial charge < -0.3 is 24.9 Å². The van der Waals surface area contributed by atoms with Crippen molar-refractivity contribution in [1.29, 1.82) is 0 Å². The van der Waals surface area contributed by atoms with E-state index in [1.807, 2.05) is 28.9 Å². The molecule has 2 aromatic carbocycles. The average Bonchev–Trinajstić information content (AvgIpc) is 3.63. The molecule has 1 fully saturated rings. The number of fused-ring (bicyclic) bond motifs is 2. The van der Waals surface area contributed by atoms with E-state index in [4.69, 9.17) is 36.3 Å². The third-order valence-corrected chi connectivity index (χ3v) is 6.78. The number of benzene rings is 2. The topological polar surface area (TPSA) is 126 Å². The molecule has 10 nitrogen and oxygen atoms in total. The van der Waals surface area contributed by atoms with Gasteiger partial charge in [0, 0.05) is 29.4 Å². The number of nitrogens with two attached hydrogens (primary N) is 1. The minimum atomic E-state index is 0.329. The van der Waals surface area contributed by atoms with Gasteiger partial charge in [0.25, 0.3) is 6.01 Å². The van der Waals surface area contributed by atoms with Crippen molar-refractivity contribution in [3.8, 4) is 17.0 Å². The minimum Gasteiger partial charge on any atom is -0.487 e. The van der Waals surface area contributed by atoms with Crippen LogP contribution in [0.25, 0.3) is 33.4 Å². The Labute approximate surface area is 217 Å². The van der Waals surface area contributed by atoms with E-state index >= 15 is 0 Å². The molecule has 0 atom stereocenters. The summed E-state index contributed by atoms with van der Waals surface area (Å²) in [7, 11) is 1.62. The predicted molar refractivity (Wildman–Crippen MR) is 142 cm³/mol. The van der Waals surface area contributed by atoms with Crippen LogP contribution in [0.2, 0.25) is 5.02 Å². The van der Waals surface area contributed by atoms with E-state index in [9.17, 15) is 0 Å². The van der Waals surface area contributed by atoms with E-state index in [2.05, 4.69) is 20.3 Å². The second-order valence-corrected chi connectivity index (χ2v) is 9.44. The summed E-state index contributed by atoms with van der Waals surface area (Å²) < 4.78 is 18.8. The van der Waals surface area contributed by atoms with Crippen molar-refractivity contribution in [2.24, 2.45) is 0 Å². The molecule has 0 spiro atoms. The third-order valence-electron chi connectivity index (χ3n) is 6.56. The first-order valence-corrected chi connectivity index (χ1v) is 12.6. The highest BCUT2D eigenvalue weighted by molar-refractivity contribution is 6.31. The molecule has 0 radical (unpaired) electrons. The SMILES string of the molecule is COCCOc1cc(Cl)cc2nc(Nc3ccc(-c4nn(C5CCCC5)c5ncnc(N)c45)cc3)oc12. The number of rotatable bonds is 8. The van der Waals surface area contributed by atoms with Gasteiger partial charge in [-0.25, -0.2) is 14.6 Å². The Bertz CT molecular complexity index is 1560. The fraction of sp³-hybridized carbons (Fsp3) is 0.308. The monoisotopic (exact) mass is 519 g/mol. The van der Waals surface area contributed by atoms with Gasteiger partial charge >= 0.3 is 0 Å². The lowest BCUT2D eigenvalue weighted by molar-refractivity contribution is 0.146. The molecular formula is C26H26ClN7O3. The number of nitrogen functional groups attached to an aromatic ring is 1. The van der Waals surface area contributed by atoms with Crippen molar-refractivity contribution in [1.82, 2.24) is 24.7 Å². The van der Waals surface area contributed by atoms with Crippen LogP contribution in [0.5, 0.6) is 5.75 Å². The molecular weight excluding hydrogens is 494 g/mol. The smallest absolute Gasteiger partial charge is 0.300 e. The highest BCUT2D eigenvalue weighted by Crippen LogP contribution is 2.37. The van der Waals surface area contributed by atoms with Gasteiger partial charge in [0.05, 0.1) is 18.0 Å². The molecule has 1 aliphatic rings. The van der Waals surface area contributed by atoms with Gasteiger partial charge in [-0.2, -0.15) is 10.1 Å². The Balaban J connectivity index is 1.28. The molecule has 6 rings (SSSR count). The van der Waals surface area contributed by atoms with Crippen LogP contribution >= 0.6 is 11.6 Å². The molecule has 3 heterocycles. The Morgan fingerprint density at radius 2 is 1.95 bits per heavy atom. The fourth-order valence-corrected chi connectivity index (χ4v) is 5.00. The molecule has 3 aromatic heterocycles. The lowest BCUT2D eigenvalue weighted by Gasteiger charge is -2.10. The summed E-state index contributed by atoms with van der Waals surface area (Å²) in [6, 6.07) is 11.9. The summed E-state index contributed by atoms with van der Waals surface area (Å²) in [6.45, 7) is 0.823. The third kappa shape index (κ3) is 4.54. The predicted octanol–water partition coefficient (Wildman–Crippen LogP) is 5.75. The summed E-state index contributed by atoms with van der Waals surface area (Å²) in [4.78, 5) is 13.2. The van der Waals surface area contributed by atoms with E-state index in [1.165, 1.54) is 19.2 Å². The van der Waals surface area contributed by atoms with Crippen LogP contribution < -0.4 is 15.8 Å². The van der Waals surface area contributed by atoms with Crippen LogP contribution in [0.1, 0.15) is 31.7 Å². The summed E-state index contributed by atoms with van der Waals surface area (Å²) in [5.74, 6) is 0.945. The molecule has 3 N–H and O–H groups in total. The van der Waals surface area contributed by atoms with E-state index in [0.717, 1.165) is 40.8 Å². The Morgan fingerprint density at radius 3 is 2.73 bits per heavy atom. The van der Waals surface area contributed by atoms with Gasteiger partial charge in [-0.05, 0) is 31.0 Å². The first-order valence-electron chi connectivity index (χ1n) is 12.2. The molecule has 5 aromatic rings. The van der Waals surface area contributed by atoms with Gasteiger partial charge in [0.2, 0.25) is 0 Å². The van der Waals surface area contributed by atoms with Gasteiger partial charge in [-0.1, -0.05) is 36.6 Å². The number of hydrogen-bond donors (Lipinski definition) is 2. The lowest BCUT2D eigenvalue weighted by atomic mass is 10.1. The number of nitrogens with one attached hydrogen (secondary N) is 1. The van der Waals surface area contributed by atoms with Crippen molar-refractivity contribution in [3.63, 3.8) is 0 Å². The number of methoxy groups -OCH3 is 1. The van der Waals surface area contributed by atoms with Gasteiger partial charge in [0.15, 0.2) is 17.0 Å². The average molecular weight is 520 g/mol. The number of aromatic nitrogens is 5. The lowest BCUT2D eigenvalue weighted by Crippen LogP contribution is -2.07. The number of nitrogens with zero attached hydrogens (tertiary/aromatic N) is 5. The standard InChI is InChI=1S/C26H26ClN7O3/c1-35-10-11-36-20-13-16(27)12-19-23(20)37-26(32-19)31-17-8-6-15(7-9-17)22-21-24(28)29-14-30-25(21)34(33-22)18-4-2-3-5-18/h6-9,12-14,18H,2-5,10-11H2,1H3,(H,31,32)(H2,28,29,30). The van der Waals surface area contributed by atoms with Gasteiger partial charge in [-0.3, -0.25) is 0 Å². The Hall–Kier alpha value is -3.89. The summed E-state index contributed by atoms with van der Waals surface area (Å²) in [5.41, 5.74) is 10.7. The van der Waals surface area contributed by atoms with E-state index in [-0.39, 0.29) is 0 Å². The molecule has 11 heteroatoms. The molecule has 0 unspecified atom stereocenters. The highest BCUT2D eigenvalue weighted by atomic mass is 35.5. The molecule has 1 saturated carbocycles. The van der Waals surface area contributed by atoms with Crippen LogP contribution in [0.4, 0.5) is 17.5 Å². The van der Waals surface area contributed by atoms with Crippen molar-refractivity contribution in [3.05, 3.63) is 47.7 Å². The zero-order valence-corrected chi connectivity index (χ0v) is 21.0. The van der Waals surface area contributed by atoms with Crippen molar-refractivity contribution >= 4 is 51.3 Å². The van der Waals surface area contributed by atoms with Gasteiger partial charge in [-0.15, -0.1) is 0 Å². The van der Waals surface area contributed by atoms with Gasteiger partial charge in [0.1, 0.15) is 30.0 Å². The summed E-state index contributed by atoms with van der Waals surface area (Å²) >= 11 is 6.24. The molecule has 37 heavy (non-hydrogen) atoms. The molecule has 0 bridgehead atoms. The largest absolute Gasteiger partial charge is 0.487 e. The normalized spacial score (nSPS) is 14.1. The van der Waals surface area contributed by atoms with Crippen LogP contribution in [0.15, 0.2) is 47.1 Å². The molecule has 0 saturated heterocycles. The summed E-state index contributed by atoms with van der Waals surface area (Å²) in [6.07, 6.45) is 6.09. The van der Waals surface area contributed by atoms with E-state index < -0.39 is 0 Å². The Kier molecular flexibility index (Phi) is 6.27. The van der Waals surface area contributed by atoms with Crippen molar-refractivity contribution in [2.45, 2.75) is 31.7 Å². The highest BCUT2D eigenvalue weighted by Gasteiger charge is 2.24. The maximum absolute atomic E-state index is 6.27.